The molecule has 0 atom stereocenters. The van der Waals surface area contributed by atoms with Gasteiger partial charge in [0, 0.05) is 6.08 Å². The van der Waals surface area contributed by atoms with Crippen molar-refractivity contribution < 1.29 is 23.4 Å². The van der Waals surface area contributed by atoms with Gasteiger partial charge in [0.15, 0.2) is 0 Å². The van der Waals surface area contributed by atoms with Gasteiger partial charge in [0.05, 0.1) is 0 Å². The number of hydrogen-bond acceptors (Lipinski definition) is 2. The van der Waals surface area contributed by atoms with Gasteiger partial charge in [-0.25, -0.2) is 4.79 Å². The number of allylic oxidation sites excluding steroid dienone is 1. The molecule has 0 aromatic heterocycles. The Morgan fingerprint density at radius 2 is 1.57 bits per heavy atom. The second kappa shape index (κ2) is 10.0. The van der Waals surface area contributed by atoms with Crippen molar-refractivity contribution in [1.82, 2.24) is 0 Å². The molecule has 2 saturated carbocycles. The molecule has 0 heterocycles. The standard InChI is InChI=1S/C23H30F2O3/c24-23(25)28-21-14-12-20(13-15-21)19-10-8-18(9-11-19)17-6-4-16(5-7-17)2-1-3-22(26)27/h1,3,12-19,23H,2,4-11H2,(H,26,27)/b3-1+. The lowest BCUT2D eigenvalue weighted by molar-refractivity contribution is -0.131. The van der Waals surface area contributed by atoms with Crippen molar-refractivity contribution >= 4 is 5.97 Å². The highest BCUT2D eigenvalue weighted by Gasteiger charge is 2.31. The second-order valence-corrected chi connectivity index (χ2v) is 8.32. The monoisotopic (exact) mass is 392 g/mol. The van der Waals surface area contributed by atoms with Crippen LogP contribution in [0.4, 0.5) is 8.78 Å². The number of ether oxygens (including phenoxy) is 1. The molecular weight excluding hydrogens is 362 g/mol. The van der Waals surface area contributed by atoms with E-state index in [1.165, 1.54) is 63.0 Å². The van der Waals surface area contributed by atoms with E-state index < -0.39 is 12.6 Å². The van der Waals surface area contributed by atoms with Gasteiger partial charge in [0.1, 0.15) is 5.75 Å². The number of halogens is 2. The minimum Gasteiger partial charge on any atom is -0.478 e. The van der Waals surface area contributed by atoms with Crippen LogP contribution in [0.15, 0.2) is 36.4 Å². The molecule has 0 radical (unpaired) electrons. The van der Waals surface area contributed by atoms with Gasteiger partial charge in [-0.05, 0) is 99.2 Å². The first-order chi connectivity index (χ1) is 13.5. The number of alkyl halides is 2. The highest BCUT2D eigenvalue weighted by molar-refractivity contribution is 5.79. The summed E-state index contributed by atoms with van der Waals surface area (Å²) in [5.41, 5.74) is 1.23. The van der Waals surface area contributed by atoms with Crippen molar-refractivity contribution in [3.8, 4) is 5.75 Å². The van der Waals surface area contributed by atoms with Crippen molar-refractivity contribution in [2.24, 2.45) is 17.8 Å². The molecule has 0 saturated heterocycles. The van der Waals surface area contributed by atoms with Gasteiger partial charge < -0.3 is 9.84 Å². The largest absolute Gasteiger partial charge is 0.478 e. The first-order valence-electron chi connectivity index (χ1n) is 10.5. The summed E-state index contributed by atoms with van der Waals surface area (Å²) in [6, 6.07) is 7.15. The summed E-state index contributed by atoms with van der Waals surface area (Å²) in [6.45, 7) is -2.77. The van der Waals surface area contributed by atoms with Crippen LogP contribution in [0, 0.1) is 17.8 Å². The second-order valence-electron chi connectivity index (χ2n) is 8.32. The molecule has 154 valence electrons. The minimum absolute atomic E-state index is 0.224. The molecule has 1 aromatic carbocycles. The smallest absolute Gasteiger partial charge is 0.387 e. The fraction of sp³-hybridized carbons (Fsp3) is 0.609. The average molecular weight is 392 g/mol. The van der Waals surface area contributed by atoms with Crippen LogP contribution in [0.2, 0.25) is 0 Å². The van der Waals surface area contributed by atoms with Crippen LogP contribution in [-0.2, 0) is 4.79 Å². The Morgan fingerprint density at radius 1 is 1.00 bits per heavy atom. The molecule has 0 amide bonds. The number of carbonyl (C=O) groups is 1. The third kappa shape index (κ3) is 6.05. The molecule has 1 aromatic rings. The van der Waals surface area contributed by atoms with Crippen molar-refractivity contribution in [3.05, 3.63) is 42.0 Å². The summed E-state index contributed by atoms with van der Waals surface area (Å²) >= 11 is 0. The Bertz CT molecular complexity index is 640. The summed E-state index contributed by atoms with van der Waals surface area (Å²) in [5, 5.41) is 8.68. The van der Waals surface area contributed by atoms with Crippen molar-refractivity contribution in [3.63, 3.8) is 0 Å². The molecule has 0 aliphatic heterocycles. The molecule has 2 aliphatic carbocycles. The van der Waals surface area contributed by atoms with Crippen LogP contribution in [0.5, 0.6) is 5.75 Å². The lowest BCUT2D eigenvalue weighted by atomic mass is 9.68. The van der Waals surface area contributed by atoms with E-state index in [-0.39, 0.29) is 5.75 Å². The topological polar surface area (TPSA) is 46.5 Å². The Hall–Kier alpha value is -1.91. The van der Waals surface area contributed by atoms with E-state index in [0.717, 1.165) is 18.3 Å². The number of carboxylic acids is 1. The fourth-order valence-electron chi connectivity index (χ4n) is 5.10. The van der Waals surface area contributed by atoms with E-state index in [0.29, 0.717) is 11.8 Å². The number of carboxylic acid groups (broad SMARTS) is 1. The first-order valence-corrected chi connectivity index (χ1v) is 10.5. The SMILES string of the molecule is O=C(O)/C=C/CC1CCC(C2CCC(c3ccc(OC(F)F)cc3)CC2)CC1. The highest BCUT2D eigenvalue weighted by atomic mass is 19.3. The van der Waals surface area contributed by atoms with Crippen molar-refractivity contribution in [2.75, 3.05) is 0 Å². The van der Waals surface area contributed by atoms with Gasteiger partial charge >= 0.3 is 12.6 Å². The van der Waals surface area contributed by atoms with E-state index in [9.17, 15) is 13.6 Å². The van der Waals surface area contributed by atoms with Gasteiger partial charge in [-0.15, -0.1) is 0 Å². The number of hydrogen-bond donors (Lipinski definition) is 1. The summed E-state index contributed by atoms with van der Waals surface area (Å²) in [5.74, 6) is 2.13. The molecule has 0 spiro atoms. The third-order valence-electron chi connectivity index (χ3n) is 6.64. The van der Waals surface area contributed by atoms with Crippen LogP contribution in [0.25, 0.3) is 0 Å². The van der Waals surface area contributed by atoms with Gasteiger partial charge in [-0.2, -0.15) is 8.78 Å². The van der Waals surface area contributed by atoms with Crippen molar-refractivity contribution in [1.29, 1.82) is 0 Å². The third-order valence-corrected chi connectivity index (χ3v) is 6.64. The van der Waals surface area contributed by atoms with E-state index in [1.54, 1.807) is 18.2 Å². The lowest BCUT2D eigenvalue weighted by Gasteiger charge is -2.38. The quantitative estimate of drug-likeness (QED) is 0.546. The molecule has 2 aliphatic rings. The number of benzene rings is 1. The van der Waals surface area contributed by atoms with Crippen LogP contribution in [0.1, 0.15) is 69.3 Å². The summed E-state index contributed by atoms with van der Waals surface area (Å²) in [7, 11) is 0. The van der Waals surface area contributed by atoms with E-state index in [4.69, 9.17) is 5.11 Å². The number of rotatable bonds is 7. The Balaban J connectivity index is 1.41. The highest BCUT2D eigenvalue weighted by Crippen LogP contribution is 2.44. The minimum atomic E-state index is -2.77. The number of aliphatic carboxylic acids is 1. The molecule has 3 rings (SSSR count). The molecule has 0 bridgehead atoms. The van der Waals surface area contributed by atoms with Gasteiger partial charge in [0.2, 0.25) is 0 Å². The van der Waals surface area contributed by atoms with Crippen LogP contribution in [0.3, 0.4) is 0 Å². The Kier molecular flexibility index (Phi) is 7.46. The maximum atomic E-state index is 12.3. The molecule has 2 fully saturated rings. The van der Waals surface area contributed by atoms with E-state index in [2.05, 4.69) is 4.74 Å². The van der Waals surface area contributed by atoms with Crippen LogP contribution < -0.4 is 4.74 Å². The summed E-state index contributed by atoms with van der Waals surface area (Å²) in [4.78, 5) is 10.6. The molecule has 5 heteroatoms. The summed E-state index contributed by atoms with van der Waals surface area (Å²) < 4.78 is 29.0. The zero-order chi connectivity index (χ0) is 19.9. The Morgan fingerprint density at radius 3 is 2.11 bits per heavy atom. The lowest BCUT2D eigenvalue weighted by Crippen LogP contribution is -2.25. The Labute approximate surface area is 165 Å². The molecule has 1 N–H and O–H groups in total. The van der Waals surface area contributed by atoms with Gasteiger partial charge in [-0.1, -0.05) is 18.2 Å². The maximum Gasteiger partial charge on any atom is 0.387 e. The average Bonchev–Trinajstić information content (AvgIpc) is 2.69. The maximum absolute atomic E-state index is 12.3. The molecular formula is C23H30F2O3. The molecule has 28 heavy (non-hydrogen) atoms. The van der Waals surface area contributed by atoms with Crippen LogP contribution >= 0.6 is 0 Å². The van der Waals surface area contributed by atoms with E-state index in [1.807, 2.05) is 12.1 Å². The predicted molar refractivity (Wildman–Crippen MR) is 105 cm³/mol. The van der Waals surface area contributed by atoms with Gasteiger partial charge in [-0.3, -0.25) is 0 Å². The van der Waals surface area contributed by atoms with Crippen LogP contribution in [-0.4, -0.2) is 17.7 Å². The fourth-order valence-corrected chi connectivity index (χ4v) is 5.10. The predicted octanol–water partition coefficient (Wildman–Crippen LogP) is 6.40. The summed E-state index contributed by atoms with van der Waals surface area (Å²) in [6.07, 6.45) is 13.7. The zero-order valence-corrected chi connectivity index (χ0v) is 16.2. The van der Waals surface area contributed by atoms with Crippen molar-refractivity contribution in [2.45, 2.75) is 70.3 Å². The van der Waals surface area contributed by atoms with Gasteiger partial charge in [0.25, 0.3) is 0 Å². The normalized spacial score (nSPS) is 28.5. The first kappa shape index (κ1) is 20.8. The molecule has 0 unspecified atom stereocenters. The zero-order valence-electron chi connectivity index (χ0n) is 16.2. The van der Waals surface area contributed by atoms with E-state index >= 15 is 0 Å². The molecule has 3 nitrogen and oxygen atoms in total.